The Kier molecular flexibility index (Phi) is 2.43. The molecule has 7 heteroatoms. The van der Waals surface area contributed by atoms with Gasteiger partial charge in [-0.1, -0.05) is 12.2 Å². The number of hydrogen-bond acceptors (Lipinski definition) is 7. The normalized spacial score (nSPS) is 36.7. The minimum atomic E-state index is -0.922. The van der Waals surface area contributed by atoms with Crippen LogP contribution < -0.4 is 5.32 Å². The van der Waals surface area contributed by atoms with Crippen LogP contribution in [0.5, 0.6) is 0 Å². The van der Waals surface area contributed by atoms with Gasteiger partial charge in [0.05, 0.1) is 11.8 Å². The number of hydrogen-bond donors (Lipinski definition) is 3. The molecule has 0 radical (unpaired) electrons. The van der Waals surface area contributed by atoms with Crippen LogP contribution in [0.1, 0.15) is 0 Å². The van der Waals surface area contributed by atoms with Crippen molar-refractivity contribution in [2.75, 3.05) is 0 Å². The number of carbonyl (C=O) groups excluding carboxylic acids is 2. The molecule has 1 fully saturated rings. The maximum atomic E-state index is 11.2. The van der Waals surface area contributed by atoms with Gasteiger partial charge in [0.2, 0.25) is 0 Å². The predicted octanol–water partition coefficient (Wildman–Crippen LogP) is -0.839. The van der Waals surface area contributed by atoms with Crippen LogP contribution in [0, 0.1) is 11.8 Å². The van der Waals surface area contributed by atoms with E-state index in [1.165, 1.54) is 0 Å². The molecule has 2 bridgehead atoms. The Hall–Kier alpha value is -1.44. The summed E-state index contributed by atoms with van der Waals surface area (Å²) >= 11 is 0. The van der Waals surface area contributed by atoms with Gasteiger partial charge >= 0.3 is 11.9 Å². The Morgan fingerprint density at radius 3 is 1.73 bits per heavy atom. The lowest BCUT2D eigenvalue weighted by Crippen LogP contribution is -2.37. The van der Waals surface area contributed by atoms with Crippen LogP contribution in [-0.4, -0.2) is 34.5 Å². The van der Waals surface area contributed by atoms with E-state index in [0.29, 0.717) is 0 Å². The van der Waals surface area contributed by atoms with Crippen LogP contribution in [0.4, 0.5) is 0 Å². The molecule has 0 aromatic heterocycles. The van der Waals surface area contributed by atoms with E-state index >= 15 is 0 Å². The maximum absolute atomic E-state index is 11.2. The van der Waals surface area contributed by atoms with Crippen LogP contribution >= 0.6 is 0 Å². The fourth-order valence-electron chi connectivity index (χ4n) is 2.17. The van der Waals surface area contributed by atoms with Gasteiger partial charge in [-0.3, -0.25) is 0 Å². The Bertz CT molecular complexity index is 297. The van der Waals surface area contributed by atoms with Crippen molar-refractivity contribution in [3.8, 4) is 0 Å². The maximum Gasteiger partial charge on any atom is 0.347 e. The summed E-state index contributed by atoms with van der Waals surface area (Å²) in [4.78, 5) is 29.6. The summed E-state index contributed by atoms with van der Waals surface area (Å²) in [5.41, 5.74) is 0. The molecule has 4 atom stereocenters. The molecule has 0 saturated carbocycles. The van der Waals surface area contributed by atoms with Crippen LogP contribution in [0.3, 0.4) is 0 Å². The second-order valence-electron chi connectivity index (χ2n) is 3.48. The molecule has 2 aliphatic heterocycles. The highest BCUT2D eigenvalue weighted by atomic mass is 17.1. The largest absolute Gasteiger partial charge is 0.347 e. The average molecular weight is 215 g/mol. The molecule has 15 heavy (non-hydrogen) atoms. The molecule has 82 valence electrons. The molecule has 2 rings (SSSR count). The number of nitrogens with one attached hydrogen (secondary N) is 1. The monoisotopic (exact) mass is 215 g/mol. The first-order valence-electron chi connectivity index (χ1n) is 4.34. The number of rotatable bonds is 2. The van der Waals surface area contributed by atoms with Gasteiger partial charge in [-0.25, -0.2) is 9.59 Å². The molecule has 7 nitrogen and oxygen atoms in total. The third-order valence-electron chi connectivity index (χ3n) is 2.80. The van der Waals surface area contributed by atoms with E-state index in [2.05, 4.69) is 15.1 Å². The van der Waals surface area contributed by atoms with Crippen molar-refractivity contribution in [2.45, 2.75) is 12.1 Å². The van der Waals surface area contributed by atoms with Gasteiger partial charge < -0.3 is 15.1 Å². The minimum absolute atomic E-state index is 0.376. The molecule has 0 spiro atoms. The quantitative estimate of drug-likeness (QED) is 0.313. The lowest BCUT2D eigenvalue weighted by atomic mass is 9.83. The first-order valence-corrected chi connectivity index (χ1v) is 4.34. The van der Waals surface area contributed by atoms with Gasteiger partial charge in [0.1, 0.15) is 0 Å². The first kappa shape index (κ1) is 10.1. The van der Waals surface area contributed by atoms with Gasteiger partial charge in [0.15, 0.2) is 0 Å². The highest BCUT2D eigenvalue weighted by Gasteiger charge is 2.53. The van der Waals surface area contributed by atoms with Crippen LogP contribution in [0.25, 0.3) is 0 Å². The van der Waals surface area contributed by atoms with Crippen LogP contribution in [0.2, 0.25) is 0 Å². The smallest absolute Gasteiger partial charge is 0.303 e. The van der Waals surface area contributed by atoms with E-state index in [-0.39, 0.29) is 12.1 Å². The summed E-state index contributed by atoms with van der Waals surface area (Å²) in [6, 6.07) is -0.752. The Morgan fingerprint density at radius 2 is 1.40 bits per heavy atom. The predicted molar refractivity (Wildman–Crippen MR) is 44.3 cm³/mol. The summed E-state index contributed by atoms with van der Waals surface area (Å²) in [6.45, 7) is 0. The molecule has 3 N–H and O–H groups in total. The highest BCUT2D eigenvalue weighted by Crippen LogP contribution is 2.35. The zero-order chi connectivity index (χ0) is 11.0. The summed E-state index contributed by atoms with van der Waals surface area (Å²) in [7, 11) is 0. The molecule has 0 aromatic rings. The van der Waals surface area contributed by atoms with E-state index in [0.717, 1.165) is 0 Å². The lowest BCUT2D eigenvalue weighted by molar-refractivity contribution is -0.249. The number of fused-ring (bicyclic) bond motifs is 2. The average Bonchev–Trinajstić information content (AvgIpc) is 2.86. The van der Waals surface area contributed by atoms with E-state index < -0.39 is 23.8 Å². The standard InChI is InChI=1S/C8H9NO6/c10-7(14-12)5-3-1-2-4(9-3)6(5)8(11)15-13/h1-6,9,12-13H/t3?,4?,5-,6?/m1/s1. The molecule has 2 heterocycles. The highest BCUT2D eigenvalue weighted by molar-refractivity contribution is 5.85. The third-order valence-corrected chi connectivity index (χ3v) is 2.80. The fraction of sp³-hybridized carbons (Fsp3) is 0.500. The van der Waals surface area contributed by atoms with Gasteiger partial charge in [-0.15, -0.1) is 0 Å². The second kappa shape index (κ2) is 3.61. The zero-order valence-electron chi connectivity index (χ0n) is 7.49. The molecule has 3 unspecified atom stereocenters. The molecular formula is C8H9NO6. The molecule has 1 saturated heterocycles. The molecule has 0 aromatic carbocycles. The van der Waals surface area contributed by atoms with Crippen LogP contribution in [0.15, 0.2) is 12.2 Å². The van der Waals surface area contributed by atoms with E-state index in [4.69, 9.17) is 10.5 Å². The first-order chi connectivity index (χ1) is 7.19. The SMILES string of the molecule is O=C(OO)C1C2C=CC(N2)[C@H]1C(=O)OO. The third kappa shape index (κ3) is 1.41. The van der Waals surface area contributed by atoms with Crippen molar-refractivity contribution in [2.24, 2.45) is 11.8 Å². The van der Waals surface area contributed by atoms with Gasteiger partial charge in [0.25, 0.3) is 0 Å². The number of carbonyl (C=O) groups is 2. The van der Waals surface area contributed by atoms with Crippen molar-refractivity contribution < 1.29 is 29.9 Å². The van der Waals surface area contributed by atoms with E-state index in [9.17, 15) is 9.59 Å². The summed E-state index contributed by atoms with van der Waals surface area (Å²) in [6.07, 6.45) is 3.40. The zero-order valence-corrected chi connectivity index (χ0v) is 7.49. The van der Waals surface area contributed by atoms with Gasteiger partial charge in [0, 0.05) is 12.1 Å². The molecule has 2 aliphatic rings. The Labute approximate surface area is 84.1 Å². The Morgan fingerprint density at radius 1 is 1.00 bits per heavy atom. The van der Waals surface area contributed by atoms with Crippen molar-refractivity contribution in [3.63, 3.8) is 0 Å². The van der Waals surface area contributed by atoms with Crippen molar-refractivity contribution in [1.82, 2.24) is 5.32 Å². The van der Waals surface area contributed by atoms with Crippen molar-refractivity contribution >= 4 is 11.9 Å². The van der Waals surface area contributed by atoms with Crippen LogP contribution in [-0.2, 0) is 19.4 Å². The summed E-state index contributed by atoms with van der Waals surface area (Å²) in [5, 5.41) is 19.5. The Balaban J connectivity index is 2.24. The van der Waals surface area contributed by atoms with E-state index in [1.54, 1.807) is 12.2 Å². The second-order valence-corrected chi connectivity index (χ2v) is 3.48. The lowest BCUT2D eigenvalue weighted by Gasteiger charge is -2.19. The topological polar surface area (TPSA) is 105 Å². The summed E-state index contributed by atoms with van der Waals surface area (Å²) < 4.78 is 0. The fourth-order valence-corrected chi connectivity index (χ4v) is 2.17. The van der Waals surface area contributed by atoms with Gasteiger partial charge in [-0.05, 0) is 0 Å². The molecular weight excluding hydrogens is 206 g/mol. The van der Waals surface area contributed by atoms with E-state index in [1.807, 2.05) is 0 Å². The van der Waals surface area contributed by atoms with Gasteiger partial charge in [-0.2, -0.15) is 10.5 Å². The minimum Gasteiger partial charge on any atom is -0.303 e. The summed E-state index contributed by atoms with van der Waals surface area (Å²) in [5.74, 6) is -3.58. The van der Waals surface area contributed by atoms with Crippen molar-refractivity contribution in [3.05, 3.63) is 12.2 Å². The molecule has 0 aliphatic carbocycles. The molecule has 0 amide bonds. The van der Waals surface area contributed by atoms with Crippen molar-refractivity contribution in [1.29, 1.82) is 0 Å².